The lowest BCUT2D eigenvalue weighted by Gasteiger charge is -2.13. The van der Waals surface area contributed by atoms with Crippen LogP contribution in [0.2, 0.25) is 0 Å². The molecule has 0 saturated carbocycles. The number of anilines is 1. The minimum absolute atomic E-state index is 0.0169. The zero-order valence-electron chi connectivity index (χ0n) is 9.44. The summed E-state index contributed by atoms with van der Waals surface area (Å²) in [4.78, 5) is 43.5. The minimum Gasteiger partial charge on any atom is -0.304 e. The molecule has 0 unspecified atom stereocenters. The molecule has 9 nitrogen and oxygen atoms in total. The quantitative estimate of drug-likeness (QED) is 0.452. The van der Waals surface area contributed by atoms with Crippen LogP contribution in [0.25, 0.3) is 0 Å². The van der Waals surface area contributed by atoms with Crippen molar-refractivity contribution in [3.05, 3.63) is 38.4 Å². The van der Waals surface area contributed by atoms with Gasteiger partial charge in [-0.25, -0.2) is 0 Å². The van der Waals surface area contributed by atoms with Gasteiger partial charge in [0.05, 0.1) is 34.6 Å². The van der Waals surface area contributed by atoms with Gasteiger partial charge in [-0.1, -0.05) is 0 Å². The van der Waals surface area contributed by atoms with E-state index in [-0.39, 0.29) is 24.4 Å². The van der Waals surface area contributed by atoms with E-state index < -0.39 is 27.1 Å². The standard InChI is InChI=1S/C10H7N3O6/c14-9-4-10(15)11(5-9)6-1-7(12(16)17)3-8(2-6)13(18)19/h1-3H,4-5H2. The summed E-state index contributed by atoms with van der Waals surface area (Å²) in [5.74, 6) is -0.862. The molecule has 1 fully saturated rings. The number of rotatable bonds is 3. The fourth-order valence-electron chi connectivity index (χ4n) is 1.77. The number of hydrogen-bond acceptors (Lipinski definition) is 6. The van der Waals surface area contributed by atoms with Crippen molar-refractivity contribution in [3.63, 3.8) is 0 Å². The number of nitro groups is 2. The molecule has 0 radical (unpaired) electrons. The van der Waals surface area contributed by atoms with Crippen LogP contribution in [-0.2, 0) is 9.59 Å². The van der Waals surface area contributed by atoms with Gasteiger partial charge >= 0.3 is 0 Å². The third-order valence-electron chi connectivity index (χ3n) is 2.60. The van der Waals surface area contributed by atoms with Gasteiger partial charge in [-0.2, -0.15) is 0 Å². The zero-order chi connectivity index (χ0) is 14.2. The van der Waals surface area contributed by atoms with Gasteiger partial charge in [-0.3, -0.25) is 29.8 Å². The van der Waals surface area contributed by atoms with Crippen LogP contribution in [0.1, 0.15) is 6.42 Å². The number of ketones is 1. The number of non-ortho nitro benzene ring substituents is 2. The normalized spacial score (nSPS) is 14.8. The van der Waals surface area contributed by atoms with Crippen molar-refractivity contribution in [1.82, 2.24) is 0 Å². The second-order valence-electron chi connectivity index (χ2n) is 3.92. The highest BCUT2D eigenvalue weighted by Crippen LogP contribution is 2.30. The highest BCUT2D eigenvalue weighted by atomic mass is 16.6. The van der Waals surface area contributed by atoms with Crippen LogP contribution in [0, 0.1) is 20.2 Å². The SMILES string of the molecule is O=C1CC(=O)N(c2cc([N+](=O)[O-])cc([N+](=O)[O-])c2)C1. The first-order chi connectivity index (χ1) is 8.88. The minimum atomic E-state index is -0.793. The average Bonchev–Trinajstić information content (AvgIpc) is 2.67. The summed E-state index contributed by atoms with van der Waals surface area (Å²) < 4.78 is 0. The van der Waals surface area contributed by atoms with Crippen molar-refractivity contribution < 1.29 is 19.4 Å². The Morgan fingerprint density at radius 2 is 1.53 bits per heavy atom. The van der Waals surface area contributed by atoms with Crippen LogP contribution >= 0.6 is 0 Å². The number of carbonyl (C=O) groups excluding carboxylic acids is 2. The number of amides is 1. The van der Waals surface area contributed by atoms with E-state index in [0.29, 0.717) is 0 Å². The fourth-order valence-corrected chi connectivity index (χ4v) is 1.77. The molecule has 0 aliphatic carbocycles. The van der Waals surface area contributed by atoms with Gasteiger partial charge in [0.25, 0.3) is 11.4 Å². The molecule has 0 bridgehead atoms. The molecular weight excluding hydrogens is 258 g/mol. The lowest BCUT2D eigenvalue weighted by atomic mass is 10.2. The van der Waals surface area contributed by atoms with Crippen molar-refractivity contribution in [3.8, 4) is 0 Å². The Kier molecular flexibility index (Phi) is 2.95. The molecule has 0 atom stereocenters. The molecular formula is C10H7N3O6. The predicted octanol–water partition coefficient (Wildman–Crippen LogP) is 0.809. The molecule has 0 N–H and O–H groups in total. The third-order valence-corrected chi connectivity index (χ3v) is 2.60. The van der Waals surface area contributed by atoms with Gasteiger partial charge in [0.1, 0.15) is 0 Å². The Balaban J connectivity index is 2.50. The molecule has 1 saturated heterocycles. The number of benzene rings is 1. The largest absolute Gasteiger partial charge is 0.304 e. The molecule has 1 amide bonds. The van der Waals surface area contributed by atoms with Crippen LogP contribution in [0.5, 0.6) is 0 Å². The predicted molar refractivity (Wildman–Crippen MR) is 61.7 cm³/mol. The third kappa shape index (κ3) is 2.39. The summed E-state index contributed by atoms with van der Waals surface area (Å²) in [5, 5.41) is 21.4. The van der Waals surface area contributed by atoms with Crippen LogP contribution in [0.4, 0.5) is 17.1 Å². The van der Waals surface area contributed by atoms with E-state index in [1.165, 1.54) is 0 Å². The Bertz CT molecular complexity index is 579. The first kappa shape index (κ1) is 12.6. The molecule has 1 heterocycles. The van der Waals surface area contributed by atoms with E-state index in [9.17, 15) is 29.8 Å². The molecule has 1 aliphatic rings. The van der Waals surface area contributed by atoms with E-state index in [1.807, 2.05) is 0 Å². The number of carbonyl (C=O) groups is 2. The lowest BCUT2D eigenvalue weighted by Crippen LogP contribution is -2.24. The highest BCUT2D eigenvalue weighted by molar-refractivity contribution is 6.15. The maximum Gasteiger partial charge on any atom is 0.278 e. The van der Waals surface area contributed by atoms with Crippen molar-refractivity contribution in [2.75, 3.05) is 11.4 Å². The number of hydrogen-bond donors (Lipinski definition) is 0. The Hall–Kier alpha value is -2.84. The van der Waals surface area contributed by atoms with E-state index in [1.54, 1.807) is 0 Å². The number of nitro benzene ring substituents is 2. The molecule has 2 rings (SSSR count). The van der Waals surface area contributed by atoms with Crippen molar-refractivity contribution >= 4 is 28.8 Å². The Morgan fingerprint density at radius 1 is 1.00 bits per heavy atom. The fraction of sp³-hybridized carbons (Fsp3) is 0.200. The molecule has 0 aromatic heterocycles. The Labute approximate surface area is 105 Å². The molecule has 0 spiro atoms. The molecule has 9 heteroatoms. The van der Waals surface area contributed by atoms with Gasteiger partial charge in [-0.05, 0) is 0 Å². The summed E-state index contributed by atoms with van der Waals surface area (Å²) in [5.41, 5.74) is -1.02. The average molecular weight is 265 g/mol. The molecule has 19 heavy (non-hydrogen) atoms. The molecule has 98 valence electrons. The van der Waals surface area contributed by atoms with Crippen molar-refractivity contribution in [2.45, 2.75) is 6.42 Å². The summed E-state index contributed by atoms with van der Waals surface area (Å²) in [7, 11) is 0. The van der Waals surface area contributed by atoms with Gasteiger partial charge in [0.15, 0.2) is 5.78 Å². The van der Waals surface area contributed by atoms with E-state index in [4.69, 9.17) is 0 Å². The van der Waals surface area contributed by atoms with Gasteiger partial charge in [0, 0.05) is 12.1 Å². The van der Waals surface area contributed by atoms with Crippen molar-refractivity contribution in [2.24, 2.45) is 0 Å². The number of Topliss-reactive ketones (excluding diaryl/α,β-unsaturated/α-hetero) is 1. The molecule has 1 aromatic rings. The van der Waals surface area contributed by atoms with Gasteiger partial charge in [0.2, 0.25) is 5.91 Å². The highest BCUT2D eigenvalue weighted by Gasteiger charge is 2.31. The van der Waals surface area contributed by atoms with Gasteiger partial charge < -0.3 is 4.90 Å². The van der Waals surface area contributed by atoms with Crippen molar-refractivity contribution in [1.29, 1.82) is 0 Å². The second-order valence-corrected chi connectivity index (χ2v) is 3.92. The van der Waals surface area contributed by atoms with Gasteiger partial charge in [-0.15, -0.1) is 0 Å². The first-order valence-corrected chi connectivity index (χ1v) is 5.14. The summed E-state index contributed by atoms with van der Waals surface area (Å²) in [6.45, 7) is -0.225. The van der Waals surface area contributed by atoms with E-state index >= 15 is 0 Å². The van der Waals surface area contributed by atoms with Crippen LogP contribution < -0.4 is 4.90 Å². The molecule has 1 aliphatic heterocycles. The van der Waals surface area contributed by atoms with E-state index in [2.05, 4.69) is 0 Å². The maximum atomic E-state index is 11.5. The topological polar surface area (TPSA) is 124 Å². The number of nitrogens with zero attached hydrogens (tertiary/aromatic N) is 3. The summed E-state index contributed by atoms with van der Waals surface area (Å²) in [6.07, 6.45) is -0.295. The van der Waals surface area contributed by atoms with Crippen LogP contribution in [0.15, 0.2) is 18.2 Å². The molecule has 1 aromatic carbocycles. The van der Waals surface area contributed by atoms with Crippen LogP contribution in [0.3, 0.4) is 0 Å². The van der Waals surface area contributed by atoms with E-state index in [0.717, 1.165) is 23.1 Å². The lowest BCUT2D eigenvalue weighted by molar-refractivity contribution is -0.394. The monoisotopic (exact) mass is 265 g/mol. The first-order valence-electron chi connectivity index (χ1n) is 5.14. The van der Waals surface area contributed by atoms with Crippen LogP contribution in [-0.4, -0.2) is 28.1 Å². The summed E-state index contributed by atoms with van der Waals surface area (Å²) >= 11 is 0. The maximum absolute atomic E-state index is 11.5. The smallest absolute Gasteiger partial charge is 0.278 e. The second kappa shape index (κ2) is 4.44. The Morgan fingerprint density at radius 3 is 1.89 bits per heavy atom. The summed E-state index contributed by atoms with van der Waals surface area (Å²) in [6, 6.07) is 2.86. The zero-order valence-corrected chi connectivity index (χ0v) is 9.44.